The van der Waals surface area contributed by atoms with Crippen LogP contribution in [0.5, 0.6) is 0 Å². The summed E-state index contributed by atoms with van der Waals surface area (Å²) in [5, 5.41) is 4.82. The van der Waals surface area contributed by atoms with E-state index < -0.39 is 7.26 Å². The maximum atomic E-state index is 14.7. The van der Waals surface area contributed by atoms with E-state index in [0.717, 1.165) is 27.6 Å². The number of aromatic nitrogens is 2. The van der Waals surface area contributed by atoms with Crippen LogP contribution in [0.2, 0.25) is 0 Å². The van der Waals surface area contributed by atoms with Crippen molar-refractivity contribution in [1.82, 2.24) is 19.8 Å². The van der Waals surface area contributed by atoms with E-state index in [-0.39, 0.29) is 23.7 Å². The molecule has 0 unspecified atom stereocenters. The summed E-state index contributed by atoms with van der Waals surface area (Å²) < 4.78 is 9.83. The Morgan fingerprint density at radius 2 is 1.12 bits per heavy atom. The summed E-state index contributed by atoms with van der Waals surface area (Å²) >= 11 is 1.76. The zero-order valence-electron chi connectivity index (χ0n) is 38.4. The third kappa shape index (κ3) is 9.05. The van der Waals surface area contributed by atoms with E-state index in [2.05, 4.69) is 154 Å². The number of carbonyl (C=O) groups is 2. The van der Waals surface area contributed by atoms with Crippen LogP contribution in [0.25, 0.3) is 23.5 Å². The van der Waals surface area contributed by atoms with Gasteiger partial charge in [0.05, 0.1) is 11.4 Å². The molecular formula is C57H55N4O3OsP+. The van der Waals surface area contributed by atoms with Crippen LogP contribution in [0, 0.1) is 16.2 Å². The number of hydrogen-bond donors (Lipinski definition) is 0. The number of hydrogen-bond acceptors (Lipinski definition) is 5. The van der Waals surface area contributed by atoms with Crippen molar-refractivity contribution in [3.05, 3.63) is 208 Å². The van der Waals surface area contributed by atoms with E-state index in [1.807, 2.05) is 49.5 Å². The van der Waals surface area contributed by atoms with Gasteiger partial charge in [-0.25, -0.2) is 0 Å². The monoisotopic (exact) mass is 1070 g/mol. The van der Waals surface area contributed by atoms with Gasteiger partial charge in [0, 0.05) is 12.7 Å². The molecule has 0 saturated carbocycles. The third-order valence-corrected chi connectivity index (χ3v) is 17.3. The predicted octanol–water partition coefficient (Wildman–Crippen LogP) is 10.3. The van der Waals surface area contributed by atoms with Crippen LogP contribution >= 0.6 is 7.26 Å². The number of fused-ring (bicyclic) bond motifs is 1. The van der Waals surface area contributed by atoms with Crippen molar-refractivity contribution in [3.63, 3.8) is 0 Å². The fraction of sp³-hybridized carbons (Fsp3) is 0.211. The molecule has 0 atom stereocenters. The molecule has 0 spiro atoms. The number of allylic oxidation sites excluding steroid dienone is 6. The van der Waals surface area contributed by atoms with Gasteiger partial charge >= 0.3 is 282 Å². The Hall–Kier alpha value is -6.11. The van der Waals surface area contributed by atoms with Gasteiger partial charge in [-0.05, 0) is 30.4 Å². The van der Waals surface area contributed by atoms with Crippen LogP contribution in [0.15, 0.2) is 185 Å². The van der Waals surface area contributed by atoms with Gasteiger partial charge in [-0.1, -0.05) is 45.9 Å². The van der Waals surface area contributed by atoms with Crippen LogP contribution in [0.1, 0.15) is 64.1 Å². The van der Waals surface area contributed by atoms with Gasteiger partial charge in [0.15, 0.2) is 0 Å². The molecule has 5 heterocycles. The molecule has 3 aromatic carbocycles. The van der Waals surface area contributed by atoms with Gasteiger partial charge in [-0.3, -0.25) is 14.6 Å². The van der Waals surface area contributed by atoms with Gasteiger partial charge in [-0.15, -0.1) is 0 Å². The molecule has 5 aromatic rings. The van der Waals surface area contributed by atoms with Crippen LogP contribution in [-0.2, 0) is 32.3 Å². The Morgan fingerprint density at radius 3 is 1.52 bits per heavy atom. The van der Waals surface area contributed by atoms with Gasteiger partial charge in [0.1, 0.15) is 0 Å². The third-order valence-electron chi connectivity index (χ3n) is 11.9. The summed E-state index contributed by atoms with van der Waals surface area (Å²) in [5.74, 6) is -0.0996. The minimum atomic E-state index is -2.52. The first-order valence-corrected chi connectivity index (χ1v) is 25.6. The molecule has 66 heavy (non-hydrogen) atoms. The number of pyridine rings is 2. The molecule has 0 bridgehead atoms. The first kappa shape index (κ1) is 46.4. The number of carbonyl (C=O) groups excluding carboxylic acids is 2. The Kier molecular flexibility index (Phi) is 14.5. The van der Waals surface area contributed by atoms with Crippen molar-refractivity contribution < 1.29 is 32.3 Å². The summed E-state index contributed by atoms with van der Waals surface area (Å²) in [6.45, 7) is 14.3. The second-order valence-corrected chi connectivity index (χ2v) is 21.4. The molecule has 0 radical (unpaired) electrons. The Labute approximate surface area is 400 Å². The number of nitrogens with zero attached hydrogens (tertiary/aromatic N) is 4. The van der Waals surface area contributed by atoms with E-state index in [1.54, 1.807) is 33.9 Å². The Morgan fingerprint density at radius 1 is 0.667 bits per heavy atom. The number of benzene rings is 3. The number of ether oxygens (including phenoxy) is 1. The zero-order valence-corrected chi connectivity index (χ0v) is 41.8. The normalized spacial score (nSPS) is 17.2. The fourth-order valence-electron chi connectivity index (χ4n) is 9.01. The van der Waals surface area contributed by atoms with E-state index in [1.165, 1.54) is 21.5 Å². The van der Waals surface area contributed by atoms with Crippen molar-refractivity contribution in [2.24, 2.45) is 11.8 Å². The van der Waals surface area contributed by atoms with Crippen molar-refractivity contribution in [2.75, 3.05) is 26.3 Å². The second-order valence-electron chi connectivity index (χ2n) is 17.4. The zero-order chi connectivity index (χ0) is 46.4. The summed E-state index contributed by atoms with van der Waals surface area (Å²) in [6, 6.07) is 40.4. The average molecular weight is 1070 g/mol. The number of amides is 2. The summed E-state index contributed by atoms with van der Waals surface area (Å²) in [5.41, 5.74) is 8.23. The van der Waals surface area contributed by atoms with E-state index in [9.17, 15) is 9.59 Å². The van der Waals surface area contributed by atoms with E-state index in [4.69, 9.17) is 14.7 Å². The van der Waals surface area contributed by atoms with Crippen molar-refractivity contribution in [2.45, 2.75) is 41.5 Å². The molecule has 2 aromatic heterocycles. The topological polar surface area (TPSA) is 75.6 Å². The summed E-state index contributed by atoms with van der Waals surface area (Å²) in [6.07, 6.45) is 16.3. The average Bonchev–Trinajstić information content (AvgIpc) is 3.99. The van der Waals surface area contributed by atoms with Crippen LogP contribution in [-0.4, -0.2) is 57.9 Å². The van der Waals surface area contributed by atoms with Gasteiger partial charge in [0.25, 0.3) is 0 Å². The molecule has 1 fully saturated rings. The van der Waals surface area contributed by atoms with Crippen LogP contribution < -0.4 is 15.9 Å². The fourth-order valence-corrected chi connectivity index (χ4v) is 14.8. The van der Waals surface area contributed by atoms with Gasteiger partial charge < -0.3 is 4.90 Å². The van der Waals surface area contributed by atoms with Crippen molar-refractivity contribution in [3.8, 4) is 4.37 Å². The van der Waals surface area contributed by atoms with Crippen LogP contribution in [0.3, 0.4) is 0 Å². The quantitative estimate of drug-likeness (QED) is 0.0818. The maximum absolute atomic E-state index is 14.7. The predicted molar refractivity (Wildman–Crippen MR) is 268 cm³/mol. The van der Waals surface area contributed by atoms with E-state index in [0.29, 0.717) is 60.2 Å². The molecule has 1 saturated heterocycles. The molecule has 0 N–H and O–H groups in total. The molecule has 9 heteroatoms. The first-order chi connectivity index (χ1) is 32.1. The summed E-state index contributed by atoms with van der Waals surface area (Å²) in [7, 11) is -2.52. The molecule has 7 nitrogen and oxygen atoms in total. The first-order valence-electron chi connectivity index (χ1n) is 22.6. The van der Waals surface area contributed by atoms with Crippen LogP contribution in [0.4, 0.5) is 0 Å². The Balaban J connectivity index is 1.29. The molecule has 8 rings (SSSR count). The van der Waals surface area contributed by atoms with Crippen molar-refractivity contribution in [1.29, 1.82) is 0 Å². The second kappa shape index (κ2) is 20.6. The standard InChI is InChI=1S/C57H55N4O3P.Os/c1-8-19-42-27-30-50(58-33-42)54-52-53(57(63)60(54)35-39(3)4)55(61(56(52)62)36-40(5)6)51-31-28-43(34-59-51)26-29-45(32-46-38-64-37-44(46)9-2)41(7)65(47-20-13-10-14-21-47,48-22-15-11-16-23-48)49-24-17-12-18-25-49;/h8-34,39-40H,35-38H2,1-6H3;/q+1;/b19-8+,29-26+,44-9?,45-41?,46-32?;. The van der Waals surface area contributed by atoms with E-state index >= 15 is 0 Å². The molecular weight excluding hydrogens is 1010 g/mol. The molecule has 333 valence electrons. The summed E-state index contributed by atoms with van der Waals surface area (Å²) in [4.78, 5) is 42.7. The molecule has 2 amide bonds. The Bertz CT molecular complexity index is 2790. The SMILES string of the molecule is CC=C1COCC1=CC(/C=C/c1ccc(C2=C3C(=O)N(CC(C)C)C(c4ccc(/C=C/C)cn4)=C3C(=O)N2CC(C)C)nc1)=C([C]#[Os])[P+](c1ccccc1)(c1ccccc1)c1ccccc1. The molecule has 3 aliphatic rings. The van der Waals surface area contributed by atoms with Crippen molar-refractivity contribution >= 4 is 58.5 Å². The molecule has 3 aliphatic heterocycles. The van der Waals surface area contributed by atoms with Gasteiger partial charge in [-0.2, -0.15) is 0 Å². The molecule has 0 aliphatic carbocycles. The van der Waals surface area contributed by atoms with Gasteiger partial charge in [0.2, 0.25) is 0 Å². The number of rotatable bonds is 14. The minimum absolute atomic E-state index is 0.141.